The van der Waals surface area contributed by atoms with Crippen molar-refractivity contribution in [1.82, 2.24) is 10.9 Å². The van der Waals surface area contributed by atoms with E-state index in [-0.39, 0.29) is 0 Å². The highest BCUT2D eigenvalue weighted by atomic mass is 16.5. The SMILES string of the molecule is CC(Oc1ccc(C#N)cc1)C(=O)NNC(=O)Nc1cccc2ccccc12. The molecule has 0 aromatic heterocycles. The van der Waals surface area contributed by atoms with Crippen LogP contribution in [0.3, 0.4) is 0 Å². The number of hydrazine groups is 1. The van der Waals surface area contributed by atoms with Crippen molar-refractivity contribution in [2.24, 2.45) is 0 Å². The number of anilines is 1. The maximum absolute atomic E-state index is 12.1. The predicted molar refractivity (Wildman–Crippen MR) is 105 cm³/mol. The van der Waals surface area contributed by atoms with Crippen LogP contribution in [0.2, 0.25) is 0 Å². The van der Waals surface area contributed by atoms with Gasteiger partial charge >= 0.3 is 6.03 Å². The first kappa shape index (κ1) is 18.7. The Morgan fingerprint density at radius 2 is 1.68 bits per heavy atom. The summed E-state index contributed by atoms with van der Waals surface area (Å²) in [5.41, 5.74) is 5.75. The summed E-state index contributed by atoms with van der Waals surface area (Å²) in [6.45, 7) is 1.55. The van der Waals surface area contributed by atoms with Gasteiger partial charge in [-0.05, 0) is 42.6 Å². The summed E-state index contributed by atoms with van der Waals surface area (Å²) in [6, 6.07) is 21.0. The Labute approximate surface area is 161 Å². The second-order valence-electron chi connectivity index (χ2n) is 5.99. The first-order chi connectivity index (χ1) is 13.6. The smallest absolute Gasteiger partial charge is 0.337 e. The molecule has 0 radical (unpaired) electrons. The lowest BCUT2D eigenvalue weighted by atomic mass is 10.1. The van der Waals surface area contributed by atoms with E-state index in [1.807, 2.05) is 42.5 Å². The van der Waals surface area contributed by atoms with Crippen LogP contribution in [0, 0.1) is 11.3 Å². The Bertz CT molecular complexity index is 1040. The second kappa shape index (κ2) is 8.56. The lowest BCUT2D eigenvalue weighted by Crippen LogP contribution is -2.48. The second-order valence-corrected chi connectivity index (χ2v) is 5.99. The van der Waals surface area contributed by atoms with Crippen LogP contribution in [0.1, 0.15) is 12.5 Å². The number of hydrogen-bond acceptors (Lipinski definition) is 4. The zero-order valence-corrected chi connectivity index (χ0v) is 15.1. The average molecular weight is 374 g/mol. The fourth-order valence-corrected chi connectivity index (χ4v) is 2.57. The number of carbonyl (C=O) groups excluding carboxylic acids is 2. The summed E-state index contributed by atoms with van der Waals surface area (Å²) in [4.78, 5) is 24.2. The maximum atomic E-state index is 12.1. The summed E-state index contributed by atoms with van der Waals surface area (Å²) >= 11 is 0. The molecule has 3 aromatic carbocycles. The minimum atomic E-state index is -0.842. The van der Waals surface area contributed by atoms with Gasteiger partial charge in [0.25, 0.3) is 5.91 Å². The van der Waals surface area contributed by atoms with E-state index >= 15 is 0 Å². The molecule has 1 unspecified atom stereocenters. The standard InChI is InChI=1S/C21H18N4O3/c1-14(28-17-11-9-15(13-22)10-12-17)20(26)24-25-21(27)23-19-8-4-6-16-5-2-3-7-18(16)19/h2-12,14H,1H3,(H,24,26)(H2,23,25,27). The molecule has 0 aliphatic rings. The molecule has 3 aromatic rings. The van der Waals surface area contributed by atoms with Crippen molar-refractivity contribution in [3.05, 3.63) is 72.3 Å². The zero-order chi connectivity index (χ0) is 19.9. The van der Waals surface area contributed by atoms with Crippen molar-refractivity contribution in [2.45, 2.75) is 13.0 Å². The van der Waals surface area contributed by atoms with E-state index in [0.717, 1.165) is 10.8 Å². The van der Waals surface area contributed by atoms with Crippen LogP contribution in [0.15, 0.2) is 66.7 Å². The van der Waals surface area contributed by atoms with Gasteiger partial charge in [0.15, 0.2) is 6.10 Å². The monoisotopic (exact) mass is 374 g/mol. The van der Waals surface area contributed by atoms with Gasteiger partial charge in [-0.25, -0.2) is 10.2 Å². The first-order valence-corrected chi connectivity index (χ1v) is 8.58. The molecule has 7 heteroatoms. The third kappa shape index (κ3) is 4.56. The Hall–Kier alpha value is -4.05. The van der Waals surface area contributed by atoms with Crippen LogP contribution in [0.5, 0.6) is 5.75 Å². The number of carbonyl (C=O) groups is 2. The number of nitrogens with zero attached hydrogens (tertiary/aromatic N) is 1. The molecule has 0 heterocycles. The zero-order valence-electron chi connectivity index (χ0n) is 15.1. The van der Waals surface area contributed by atoms with E-state index in [2.05, 4.69) is 16.2 Å². The number of fused-ring (bicyclic) bond motifs is 1. The van der Waals surface area contributed by atoms with E-state index in [9.17, 15) is 9.59 Å². The number of rotatable bonds is 4. The van der Waals surface area contributed by atoms with Crippen molar-refractivity contribution >= 4 is 28.4 Å². The minimum Gasteiger partial charge on any atom is -0.481 e. The predicted octanol–water partition coefficient (Wildman–Crippen LogP) is 3.33. The molecule has 0 fully saturated rings. The Balaban J connectivity index is 1.53. The molecule has 28 heavy (non-hydrogen) atoms. The van der Waals surface area contributed by atoms with Gasteiger partial charge in [0.2, 0.25) is 0 Å². The van der Waals surface area contributed by atoms with Gasteiger partial charge in [-0.3, -0.25) is 10.2 Å². The molecule has 1 atom stereocenters. The number of amides is 3. The summed E-state index contributed by atoms with van der Waals surface area (Å²) < 4.78 is 5.49. The molecule has 140 valence electrons. The quantitative estimate of drug-likeness (QED) is 0.609. The highest BCUT2D eigenvalue weighted by molar-refractivity contribution is 6.01. The van der Waals surface area contributed by atoms with Gasteiger partial charge in [0.05, 0.1) is 17.3 Å². The van der Waals surface area contributed by atoms with Crippen LogP contribution in [0.25, 0.3) is 10.8 Å². The van der Waals surface area contributed by atoms with Crippen molar-refractivity contribution in [3.8, 4) is 11.8 Å². The third-order valence-corrected chi connectivity index (χ3v) is 4.00. The van der Waals surface area contributed by atoms with E-state index < -0.39 is 18.0 Å². The van der Waals surface area contributed by atoms with Crippen LogP contribution in [0.4, 0.5) is 10.5 Å². The van der Waals surface area contributed by atoms with Gasteiger partial charge in [0.1, 0.15) is 5.75 Å². The minimum absolute atomic E-state index is 0.446. The van der Waals surface area contributed by atoms with E-state index in [1.54, 1.807) is 37.3 Å². The molecular weight excluding hydrogens is 356 g/mol. The normalized spacial score (nSPS) is 11.1. The Morgan fingerprint density at radius 1 is 0.964 bits per heavy atom. The van der Waals surface area contributed by atoms with Crippen molar-refractivity contribution in [3.63, 3.8) is 0 Å². The number of nitriles is 1. The summed E-state index contributed by atoms with van der Waals surface area (Å²) in [6.07, 6.45) is -0.842. The van der Waals surface area contributed by atoms with Crippen molar-refractivity contribution in [2.75, 3.05) is 5.32 Å². The number of ether oxygens (including phenoxy) is 1. The van der Waals surface area contributed by atoms with Crippen LogP contribution in [-0.2, 0) is 4.79 Å². The Morgan fingerprint density at radius 3 is 2.43 bits per heavy atom. The maximum Gasteiger partial charge on any atom is 0.337 e. The summed E-state index contributed by atoms with van der Waals surface area (Å²) in [7, 11) is 0. The summed E-state index contributed by atoms with van der Waals surface area (Å²) in [5.74, 6) is -0.0701. The molecule has 7 nitrogen and oxygen atoms in total. The van der Waals surface area contributed by atoms with Gasteiger partial charge < -0.3 is 10.1 Å². The van der Waals surface area contributed by atoms with Crippen LogP contribution < -0.4 is 20.9 Å². The fourth-order valence-electron chi connectivity index (χ4n) is 2.57. The molecule has 3 rings (SSSR count). The highest BCUT2D eigenvalue weighted by Gasteiger charge is 2.15. The number of nitrogens with one attached hydrogen (secondary N) is 3. The van der Waals surface area contributed by atoms with Gasteiger partial charge in [-0.2, -0.15) is 5.26 Å². The topological polar surface area (TPSA) is 103 Å². The summed E-state index contributed by atoms with van der Waals surface area (Å²) in [5, 5.41) is 13.4. The van der Waals surface area contributed by atoms with Gasteiger partial charge in [-0.1, -0.05) is 36.4 Å². The fraction of sp³-hybridized carbons (Fsp3) is 0.0952. The Kier molecular flexibility index (Phi) is 5.72. The molecule has 3 amide bonds. The molecule has 0 aliphatic heterocycles. The van der Waals surface area contributed by atoms with E-state index in [0.29, 0.717) is 17.0 Å². The molecule has 3 N–H and O–H groups in total. The van der Waals surface area contributed by atoms with Crippen molar-refractivity contribution in [1.29, 1.82) is 5.26 Å². The van der Waals surface area contributed by atoms with Crippen LogP contribution >= 0.6 is 0 Å². The number of benzene rings is 3. The van der Waals surface area contributed by atoms with E-state index in [4.69, 9.17) is 10.00 Å². The number of hydrogen-bond donors (Lipinski definition) is 3. The number of urea groups is 1. The lowest BCUT2D eigenvalue weighted by Gasteiger charge is -2.15. The van der Waals surface area contributed by atoms with E-state index in [1.165, 1.54) is 0 Å². The average Bonchev–Trinajstić information content (AvgIpc) is 2.73. The molecule has 0 spiro atoms. The lowest BCUT2D eigenvalue weighted by molar-refractivity contribution is -0.127. The molecule has 0 bridgehead atoms. The van der Waals surface area contributed by atoms with Gasteiger partial charge in [-0.15, -0.1) is 0 Å². The molecule has 0 saturated carbocycles. The first-order valence-electron chi connectivity index (χ1n) is 8.58. The third-order valence-electron chi connectivity index (χ3n) is 4.00. The molecule has 0 aliphatic carbocycles. The highest BCUT2D eigenvalue weighted by Crippen LogP contribution is 2.22. The van der Waals surface area contributed by atoms with Crippen molar-refractivity contribution < 1.29 is 14.3 Å². The molecule has 0 saturated heterocycles. The van der Waals surface area contributed by atoms with Gasteiger partial charge in [0, 0.05) is 5.39 Å². The van der Waals surface area contributed by atoms with Crippen LogP contribution in [-0.4, -0.2) is 18.0 Å². The molecular formula is C21H18N4O3. The largest absolute Gasteiger partial charge is 0.481 e.